The van der Waals surface area contributed by atoms with E-state index in [-0.39, 0.29) is 18.3 Å². The smallest absolute Gasteiger partial charge is 0.407 e. The predicted octanol–water partition coefficient (Wildman–Crippen LogP) is 2.70. The Hall–Kier alpha value is -4.05. The first-order chi connectivity index (χ1) is 16.1. The van der Waals surface area contributed by atoms with Crippen molar-refractivity contribution in [2.24, 2.45) is 0 Å². The van der Waals surface area contributed by atoms with Crippen molar-refractivity contribution in [1.29, 1.82) is 0 Å². The van der Waals surface area contributed by atoms with Crippen LogP contribution in [0.4, 0.5) is 4.79 Å². The minimum Gasteiger partial charge on any atom is -0.465 e. The number of H-pyrrole nitrogens is 1. The van der Waals surface area contributed by atoms with Crippen LogP contribution in [0.15, 0.2) is 36.1 Å². The number of aromatic nitrogens is 2. The highest BCUT2D eigenvalue weighted by atomic mass is 16.7. The van der Waals surface area contributed by atoms with Gasteiger partial charge >= 0.3 is 6.09 Å². The van der Waals surface area contributed by atoms with Gasteiger partial charge < -0.3 is 24.2 Å². The fourth-order valence-electron chi connectivity index (χ4n) is 4.45. The summed E-state index contributed by atoms with van der Waals surface area (Å²) >= 11 is 0. The van der Waals surface area contributed by atoms with Crippen LogP contribution in [0, 0.1) is 0 Å². The molecule has 168 valence electrons. The molecule has 10 heteroatoms. The van der Waals surface area contributed by atoms with E-state index in [0.29, 0.717) is 61.2 Å². The van der Waals surface area contributed by atoms with Gasteiger partial charge in [0.2, 0.25) is 12.6 Å². The highest BCUT2D eigenvalue weighted by Crippen LogP contribution is 2.48. The van der Waals surface area contributed by atoms with Crippen molar-refractivity contribution in [3.63, 3.8) is 0 Å². The van der Waals surface area contributed by atoms with Gasteiger partial charge in [0.15, 0.2) is 17.3 Å². The van der Waals surface area contributed by atoms with E-state index in [9.17, 15) is 14.7 Å². The predicted molar refractivity (Wildman–Crippen MR) is 116 cm³/mol. The van der Waals surface area contributed by atoms with Crippen LogP contribution in [0.3, 0.4) is 0 Å². The van der Waals surface area contributed by atoms with E-state index in [4.69, 9.17) is 14.2 Å². The lowest BCUT2D eigenvalue weighted by molar-refractivity contribution is 0.101. The molecule has 0 saturated carbocycles. The maximum absolute atomic E-state index is 13.2. The molecule has 0 radical (unpaired) electrons. The van der Waals surface area contributed by atoms with Gasteiger partial charge in [-0.15, -0.1) is 0 Å². The van der Waals surface area contributed by atoms with E-state index in [1.54, 1.807) is 12.1 Å². The van der Waals surface area contributed by atoms with Crippen LogP contribution in [0.2, 0.25) is 0 Å². The molecule has 33 heavy (non-hydrogen) atoms. The summed E-state index contributed by atoms with van der Waals surface area (Å²) in [4.78, 5) is 27.9. The lowest BCUT2D eigenvalue weighted by Gasteiger charge is -2.33. The summed E-state index contributed by atoms with van der Waals surface area (Å²) in [5.41, 5.74) is 2.64. The summed E-state index contributed by atoms with van der Waals surface area (Å²) in [6.45, 7) is 2.51. The Labute approximate surface area is 187 Å². The highest BCUT2D eigenvalue weighted by molar-refractivity contribution is 6.15. The Balaban J connectivity index is 1.34. The van der Waals surface area contributed by atoms with Crippen LogP contribution in [0.5, 0.6) is 17.2 Å². The molecule has 6 rings (SSSR count). The number of fused-ring (bicyclic) bond motifs is 3. The molecule has 3 aliphatic rings. The molecule has 0 unspecified atom stereocenters. The number of benzene rings is 2. The number of Topliss-reactive ketones (excluding diaryl/α,β-unsaturated/α-hetero) is 1. The molecule has 0 aliphatic carbocycles. The van der Waals surface area contributed by atoms with E-state index in [2.05, 4.69) is 15.1 Å². The van der Waals surface area contributed by atoms with Crippen molar-refractivity contribution in [2.45, 2.75) is 6.54 Å². The number of nitrogens with one attached hydrogen (secondary N) is 1. The third kappa shape index (κ3) is 3.26. The van der Waals surface area contributed by atoms with E-state index in [1.807, 2.05) is 24.3 Å². The summed E-state index contributed by atoms with van der Waals surface area (Å²) in [7, 11) is 0. The van der Waals surface area contributed by atoms with Gasteiger partial charge in [0.1, 0.15) is 5.75 Å². The summed E-state index contributed by atoms with van der Waals surface area (Å²) in [5, 5.41) is 17.4. The number of ether oxygens (including phenoxy) is 3. The molecule has 0 spiro atoms. The molecule has 1 fully saturated rings. The largest absolute Gasteiger partial charge is 0.465 e. The molecule has 4 heterocycles. The summed E-state index contributed by atoms with van der Waals surface area (Å²) < 4.78 is 17.4. The number of para-hydroxylation sites is 1. The third-order valence-corrected chi connectivity index (χ3v) is 6.18. The SMILES string of the molecule is O=C1C(=Cc2n[nH]c3ccccc23)Oc2c1cc1c(c2CN2CCN(C(=O)O)CC2)OCO1. The zero-order chi connectivity index (χ0) is 22.5. The number of hydrogen-bond donors (Lipinski definition) is 2. The second kappa shape index (κ2) is 7.52. The van der Waals surface area contributed by atoms with Crippen molar-refractivity contribution >= 4 is 28.9 Å². The number of hydrogen-bond acceptors (Lipinski definition) is 7. The van der Waals surface area contributed by atoms with Gasteiger partial charge in [-0.2, -0.15) is 5.10 Å². The zero-order valence-corrected chi connectivity index (χ0v) is 17.5. The zero-order valence-electron chi connectivity index (χ0n) is 17.5. The van der Waals surface area contributed by atoms with Crippen LogP contribution < -0.4 is 14.2 Å². The Bertz CT molecular complexity index is 1320. The Morgan fingerprint density at radius 2 is 1.97 bits per heavy atom. The van der Waals surface area contributed by atoms with Crippen molar-refractivity contribution in [3.8, 4) is 17.2 Å². The fourth-order valence-corrected chi connectivity index (χ4v) is 4.45. The number of carbonyl (C=O) groups excluding carboxylic acids is 1. The number of carbonyl (C=O) groups is 2. The van der Waals surface area contributed by atoms with Gasteiger partial charge in [-0.3, -0.25) is 14.8 Å². The standard InChI is InChI=1S/C23H20N4O6/c28-20-14-9-19-22(32-12-31-19)15(11-26-5-7-27(8-6-26)23(29)30)21(14)33-18(20)10-17-13-3-1-2-4-16(13)24-25-17/h1-4,9-10H,5-8,11-12H2,(H,24,25)(H,29,30). The number of nitrogens with zero attached hydrogens (tertiary/aromatic N) is 3. The van der Waals surface area contributed by atoms with E-state index in [0.717, 1.165) is 16.5 Å². The van der Waals surface area contributed by atoms with E-state index < -0.39 is 6.09 Å². The van der Waals surface area contributed by atoms with E-state index in [1.165, 1.54) is 4.90 Å². The lowest BCUT2D eigenvalue weighted by Crippen LogP contribution is -2.47. The highest BCUT2D eigenvalue weighted by Gasteiger charge is 2.36. The first-order valence-corrected chi connectivity index (χ1v) is 10.6. The second-order valence-corrected chi connectivity index (χ2v) is 8.11. The van der Waals surface area contributed by atoms with Crippen molar-refractivity contribution in [3.05, 3.63) is 52.9 Å². The van der Waals surface area contributed by atoms with Crippen LogP contribution in [-0.2, 0) is 6.54 Å². The number of allylic oxidation sites excluding steroid dienone is 1. The van der Waals surface area contributed by atoms with Gasteiger partial charge in [-0.25, -0.2) is 4.79 Å². The summed E-state index contributed by atoms with van der Waals surface area (Å²) in [6.07, 6.45) is 0.728. The van der Waals surface area contributed by atoms with Gasteiger partial charge in [-0.05, 0) is 12.1 Å². The van der Waals surface area contributed by atoms with Crippen LogP contribution in [0.1, 0.15) is 21.6 Å². The molecule has 10 nitrogen and oxygen atoms in total. The number of carboxylic acid groups (broad SMARTS) is 1. The van der Waals surface area contributed by atoms with Crippen molar-refractivity contribution < 1.29 is 28.9 Å². The normalized spacial score (nSPS) is 18.7. The number of ketones is 1. The lowest BCUT2D eigenvalue weighted by atomic mass is 10.0. The molecule has 2 aromatic carbocycles. The minimum atomic E-state index is -0.914. The van der Waals surface area contributed by atoms with Crippen molar-refractivity contribution in [1.82, 2.24) is 20.0 Å². The number of rotatable bonds is 3. The molecular weight excluding hydrogens is 428 g/mol. The molecule has 0 bridgehead atoms. The van der Waals surface area contributed by atoms with E-state index >= 15 is 0 Å². The van der Waals surface area contributed by atoms with Gasteiger partial charge in [0.05, 0.1) is 22.3 Å². The maximum Gasteiger partial charge on any atom is 0.407 e. The molecule has 1 amide bonds. The topological polar surface area (TPSA) is 117 Å². The fraction of sp³-hybridized carbons (Fsp3) is 0.261. The Morgan fingerprint density at radius 3 is 2.79 bits per heavy atom. The first-order valence-electron chi connectivity index (χ1n) is 10.6. The maximum atomic E-state index is 13.2. The summed E-state index contributed by atoms with van der Waals surface area (Å²) in [5.74, 6) is 1.47. The summed E-state index contributed by atoms with van der Waals surface area (Å²) in [6, 6.07) is 9.32. The number of piperazine rings is 1. The van der Waals surface area contributed by atoms with Gasteiger partial charge in [-0.1, -0.05) is 18.2 Å². The van der Waals surface area contributed by atoms with Crippen LogP contribution >= 0.6 is 0 Å². The third-order valence-electron chi connectivity index (χ3n) is 6.18. The van der Waals surface area contributed by atoms with Crippen molar-refractivity contribution in [2.75, 3.05) is 33.0 Å². The number of aromatic amines is 1. The Morgan fingerprint density at radius 1 is 1.15 bits per heavy atom. The molecular formula is C23H20N4O6. The monoisotopic (exact) mass is 448 g/mol. The first kappa shape index (κ1) is 19.6. The molecule has 2 N–H and O–H groups in total. The van der Waals surface area contributed by atoms with Crippen LogP contribution in [-0.4, -0.2) is 70.0 Å². The minimum absolute atomic E-state index is 0.0775. The van der Waals surface area contributed by atoms with Crippen LogP contribution in [0.25, 0.3) is 17.0 Å². The molecule has 3 aromatic rings. The average Bonchev–Trinajstić information content (AvgIpc) is 3.53. The Kier molecular flexibility index (Phi) is 4.47. The number of amides is 1. The average molecular weight is 448 g/mol. The van der Waals surface area contributed by atoms with Gasteiger partial charge in [0.25, 0.3) is 0 Å². The quantitative estimate of drug-likeness (QED) is 0.588. The molecule has 1 saturated heterocycles. The van der Waals surface area contributed by atoms with Gasteiger partial charge in [0, 0.05) is 44.2 Å². The molecule has 0 atom stereocenters. The molecule has 1 aromatic heterocycles. The molecule has 3 aliphatic heterocycles. The second-order valence-electron chi connectivity index (χ2n) is 8.11.